The molecule has 0 aliphatic carbocycles. The van der Waals surface area contributed by atoms with Crippen LogP contribution >= 0.6 is 0 Å². The number of hydrogen-bond acceptors (Lipinski definition) is 3. The number of nitrogens with one attached hydrogen (secondary N) is 1. The van der Waals surface area contributed by atoms with Crippen molar-refractivity contribution in [2.75, 3.05) is 26.4 Å². The maximum atomic E-state index is 12.9. The number of aliphatic hydroxyl groups is 1. The van der Waals surface area contributed by atoms with E-state index in [1.807, 2.05) is 6.92 Å². The number of hydrogen-bond donors (Lipinski definition) is 2. The Balaban J connectivity index is 2.14. The Morgan fingerprint density at radius 1 is 1.35 bits per heavy atom. The number of ether oxygens (including phenoxy) is 1. The van der Waals surface area contributed by atoms with E-state index in [9.17, 15) is 4.39 Å². The van der Waals surface area contributed by atoms with Gasteiger partial charge in [-0.1, -0.05) is 6.07 Å². The summed E-state index contributed by atoms with van der Waals surface area (Å²) in [6, 6.07) is 4.83. The fraction of sp³-hybridized carbons (Fsp3) is 0.538. The molecule has 0 radical (unpaired) electrons. The van der Waals surface area contributed by atoms with Gasteiger partial charge < -0.3 is 15.2 Å². The lowest BCUT2D eigenvalue weighted by molar-refractivity contribution is 0.0907. The van der Waals surface area contributed by atoms with Crippen molar-refractivity contribution in [3.05, 3.63) is 35.1 Å². The molecule has 2 N–H and O–H groups in total. The van der Waals surface area contributed by atoms with Gasteiger partial charge in [-0.25, -0.2) is 4.39 Å². The number of aryl methyl sites for hydroxylation is 1. The molecule has 0 saturated carbocycles. The number of benzene rings is 1. The average molecular weight is 241 g/mol. The normalized spacial score (nSPS) is 10.8. The lowest BCUT2D eigenvalue weighted by atomic mass is 10.1. The van der Waals surface area contributed by atoms with Gasteiger partial charge in [-0.15, -0.1) is 0 Å². The molecule has 0 fully saturated rings. The third-order valence-electron chi connectivity index (χ3n) is 2.50. The Bertz CT molecular complexity index is 331. The molecule has 0 saturated heterocycles. The molecule has 4 heteroatoms. The highest BCUT2D eigenvalue weighted by molar-refractivity contribution is 5.26. The largest absolute Gasteiger partial charge is 0.394 e. The van der Waals surface area contributed by atoms with Crippen LogP contribution in [-0.2, 0) is 11.3 Å². The maximum Gasteiger partial charge on any atom is 0.123 e. The van der Waals surface area contributed by atoms with Crippen LogP contribution in [-0.4, -0.2) is 31.5 Å². The summed E-state index contributed by atoms with van der Waals surface area (Å²) < 4.78 is 18.0. The van der Waals surface area contributed by atoms with Gasteiger partial charge in [0.1, 0.15) is 5.82 Å². The molecule has 0 aromatic heterocycles. The molecule has 1 rings (SSSR count). The first-order chi connectivity index (χ1) is 8.24. The predicted molar refractivity (Wildman–Crippen MR) is 65.4 cm³/mol. The number of rotatable bonds is 8. The lowest BCUT2D eigenvalue weighted by Gasteiger charge is -2.08. The minimum Gasteiger partial charge on any atom is -0.394 e. The van der Waals surface area contributed by atoms with Crippen molar-refractivity contribution in [1.29, 1.82) is 0 Å². The standard InChI is InChI=1S/C13H20FNO2/c1-11-9-13(14)4-3-12(11)10-15-5-2-7-17-8-6-16/h3-4,9,15-16H,2,5-8,10H2,1H3. The highest BCUT2D eigenvalue weighted by atomic mass is 19.1. The zero-order valence-electron chi connectivity index (χ0n) is 10.2. The summed E-state index contributed by atoms with van der Waals surface area (Å²) in [5.74, 6) is -0.191. The van der Waals surface area contributed by atoms with Crippen LogP contribution in [0.25, 0.3) is 0 Å². The van der Waals surface area contributed by atoms with E-state index in [0.717, 1.165) is 30.6 Å². The Morgan fingerprint density at radius 3 is 2.88 bits per heavy atom. The molecular formula is C13H20FNO2. The molecule has 0 atom stereocenters. The van der Waals surface area contributed by atoms with Crippen LogP contribution in [0.2, 0.25) is 0 Å². The molecule has 3 nitrogen and oxygen atoms in total. The highest BCUT2D eigenvalue weighted by Crippen LogP contribution is 2.09. The van der Waals surface area contributed by atoms with Gasteiger partial charge in [-0.05, 0) is 43.1 Å². The first-order valence-electron chi connectivity index (χ1n) is 5.88. The minimum atomic E-state index is -0.191. The van der Waals surface area contributed by atoms with Crippen LogP contribution in [0.4, 0.5) is 4.39 Å². The van der Waals surface area contributed by atoms with Crippen molar-refractivity contribution in [1.82, 2.24) is 5.32 Å². The molecule has 0 heterocycles. The molecule has 1 aromatic carbocycles. The van der Waals surface area contributed by atoms with Crippen molar-refractivity contribution in [2.24, 2.45) is 0 Å². The molecule has 0 bridgehead atoms. The van der Waals surface area contributed by atoms with Crippen molar-refractivity contribution in [3.63, 3.8) is 0 Å². The summed E-state index contributed by atoms with van der Waals surface area (Å²) in [7, 11) is 0. The van der Waals surface area contributed by atoms with Crippen molar-refractivity contribution < 1.29 is 14.2 Å². The molecule has 17 heavy (non-hydrogen) atoms. The maximum absolute atomic E-state index is 12.9. The van der Waals surface area contributed by atoms with Crippen LogP contribution < -0.4 is 5.32 Å². The van der Waals surface area contributed by atoms with Gasteiger partial charge in [0.05, 0.1) is 13.2 Å². The van der Waals surface area contributed by atoms with Gasteiger partial charge in [0, 0.05) is 13.2 Å². The van der Waals surface area contributed by atoms with E-state index in [0.29, 0.717) is 13.2 Å². The van der Waals surface area contributed by atoms with Crippen LogP contribution in [0.15, 0.2) is 18.2 Å². The Kier molecular flexibility index (Phi) is 6.77. The van der Waals surface area contributed by atoms with E-state index in [4.69, 9.17) is 9.84 Å². The second kappa shape index (κ2) is 8.17. The number of halogens is 1. The second-order valence-corrected chi connectivity index (χ2v) is 3.94. The SMILES string of the molecule is Cc1cc(F)ccc1CNCCCOCCO. The Labute approximate surface area is 102 Å². The van der Waals surface area contributed by atoms with Gasteiger partial charge in [-0.3, -0.25) is 0 Å². The van der Waals surface area contributed by atoms with E-state index in [2.05, 4.69) is 5.32 Å². The van der Waals surface area contributed by atoms with Crippen LogP contribution in [0.3, 0.4) is 0 Å². The van der Waals surface area contributed by atoms with Crippen molar-refractivity contribution in [3.8, 4) is 0 Å². The van der Waals surface area contributed by atoms with Gasteiger partial charge >= 0.3 is 0 Å². The second-order valence-electron chi connectivity index (χ2n) is 3.94. The van der Waals surface area contributed by atoms with E-state index in [1.165, 1.54) is 6.07 Å². The summed E-state index contributed by atoms with van der Waals surface area (Å²) in [6.07, 6.45) is 0.903. The Hall–Kier alpha value is -0.970. The fourth-order valence-corrected chi connectivity index (χ4v) is 1.55. The van der Waals surface area contributed by atoms with E-state index >= 15 is 0 Å². The van der Waals surface area contributed by atoms with Gasteiger partial charge in [0.2, 0.25) is 0 Å². The van der Waals surface area contributed by atoms with E-state index < -0.39 is 0 Å². The summed E-state index contributed by atoms with van der Waals surface area (Å²) in [4.78, 5) is 0. The lowest BCUT2D eigenvalue weighted by Crippen LogP contribution is -2.17. The average Bonchev–Trinajstić information content (AvgIpc) is 2.30. The topological polar surface area (TPSA) is 41.5 Å². The minimum absolute atomic E-state index is 0.0716. The third kappa shape index (κ3) is 5.77. The smallest absolute Gasteiger partial charge is 0.123 e. The predicted octanol–water partition coefficient (Wildman–Crippen LogP) is 1.62. The molecule has 1 aromatic rings. The van der Waals surface area contributed by atoms with Gasteiger partial charge in [0.25, 0.3) is 0 Å². The van der Waals surface area contributed by atoms with Gasteiger partial charge in [0.15, 0.2) is 0 Å². The first-order valence-corrected chi connectivity index (χ1v) is 5.88. The van der Waals surface area contributed by atoms with Crippen LogP contribution in [0, 0.1) is 12.7 Å². The van der Waals surface area contributed by atoms with Crippen molar-refractivity contribution in [2.45, 2.75) is 19.9 Å². The summed E-state index contributed by atoms with van der Waals surface area (Å²) >= 11 is 0. The van der Waals surface area contributed by atoms with Crippen molar-refractivity contribution >= 4 is 0 Å². The number of aliphatic hydroxyl groups excluding tert-OH is 1. The zero-order valence-corrected chi connectivity index (χ0v) is 10.2. The monoisotopic (exact) mass is 241 g/mol. The quantitative estimate of drug-likeness (QED) is 0.680. The van der Waals surface area contributed by atoms with Gasteiger partial charge in [-0.2, -0.15) is 0 Å². The zero-order chi connectivity index (χ0) is 12.5. The molecular weight excluding hydrogens is 221 g/mol. The van der Waals surface area contributed by atoms with E-state index in [-0.39, 0.29) is 12.4 Å². The summed E-state index contributed by atoms with van der Waals surface area (Å²) in [5, 5.41) is 11.8. The third-order valence-corrected chi connectivity index (χ3v) is 2.50. The fourth-order valence-electron chi connectivity index (χ4n) is 1.55. The molecule has 0 aliphatic rings. The molecule has 0 spiro atoms. The molecule has 0 unspecified atom stereocenters. The first kappa shape index (κ1) is 14.1. The van der Waals surface area contributed by atoms with Crippen LogP contribution in [0.1, 0.15) is 17.5 Å². The molecule has 0 aliphatic heterocycles. The summed E-state index contributed by atoms with van der Waals surface area (Å²) in [5.41, 5.74) is 2.08. The van der Waals surface area contributed by atoms with Crippen LogP contribution in [0.5, 0.6) is 0 Å². The van der Waals surface area contributed by atoms with E-state index in [1.54, 1.807) is 12.1 Å². The highest BCUT2D eigenvalue weighted by Gasteiger charge is 1.99. The summed E-state index contributed by atoms with van der Waals surface area (Å²) in [6.45, 7) is 4.62. The Morgan fingerprint density at radius 2 is 2.18 bits per heavy atom. The molecule has 0 amide bonds. The molecule has 96 valence electrons.